The van der Waals surface area contributed by atoms with E-state index >= 15 is 0 Å². The quantitative estimate of drug-likeness (QED) is 0.621. The molecular weight excluding hydrogens is 353 g/mol. The first-order valence-corrected chi connectivity index (χ1v) is 11.9. The van der Waals surface area contributed by atoms with Crippen LogP contribution in [0.5, 0.6) is 0 Å². The van der Waals surface area contributed by atoms with Gasteiger partial charge in [-0.1, -0.05) is 64.9 Å². The zero-order valence-corrected chi connectivity index (χ0v) is 17.5. The van der Waals surface area contributed by atoms with Crippen LogP contribution in [0.4, 0.5) is 13.2 Å². The Morgan fingerprint density at radius 1 is 1.00 bits per heavy atom. The van der Waals surface area contributed by atoms with E-state index in [0.717, 1.165) is 18.1 Å². The zero-order chi connectivity index (χ0) is 19.8. The Bertz CT molecular complexity index is 745. The summed E-state index contributed by atoms with van der Waals surface area (Å²) < 4.78 is 40.9. The van der Waals surface area contributed by atoms with E-state index in [-0.39, 0.29) is 5.69 Å². The molecule has 0 aromatic carbocycles. The van der Waals surface area contributed by atoms with Crippen LogP contribution < -0.4 is 5.19 Å². The van der Waals surface area contributed by atoms with Crippen molar-refractivity contribution in [2.24, 2.45) is 0 Å². The Morgan fingerprint density at radius 2 is 1.58 bits per heavy atom. The maximum atomic E-state index is 13.6. The first-order chi connectivity index (χ1) is 12.0. The van der Waals surface area contributed by atoms with Crippen molar-refractivity contribution in [3.05, 3.63) is 35.7 Å². The predicted molar refractivity (Wildman–Crippen MR) is 105 cm³/mol. The highest BCUT2D eigenvalue weighted by atomic mass is 28.3. The van der Waals surface area contributed by atoms with Crippen molar-refractivity contribution in [3.63, 3.8) is 0 Å². The van der Waals surface area contributed by atoms with Gasteiger partial charge in [-0.05, 0) is 18.2 Å². The second-order valence-electron chi connectivity index (χ2n) is 7.99. The number of hydrogen-bond acceptors (Lipinski definition) is 1. The van der Waals surface area contributed by atoms with Gasteiger partial charge >= 0.3 is 6.18 Å². The molecule has 0 aliphatic carbocycles. The molecule has 144 valence electrons. The molecule has 2 rings (SSSR count). The second kappa shape index (κ2) is 7.22. The summed E-state index contributed by atoms with van der Waals surface area (Å²) in [4.78, 5) is 7.30. The summed E-state index contributed by atoms with van der Waals surface area (Å²) in [6, 6.07) is 8.34. The van der Waals surface area contributed by atoms with Crippen LogP contribution in [0.1, 0.15) is 52.8 Å². The zero-order valence-electron chi connectivity index (χ0n) is 16.5. The van der Waals surface area contributed by atoms with Gasteiger partial charge in [0.05, 0.1) is 25.0 Å². The Hall–Kier alpha value is -1.56. The lowest BCUT2D eigenvalue weighted by molar-refractivity contribution is -0.137. The predicted octanol–water partition coefficient (Wildman–Crippen LogP) is 6.11. The average molecular weight is 383 g/mol. The van der Waals surface area contributed by atoms with Gasteiger partial charge in [0.1, 0.15) is 0 Å². The van der Waals surface area contributed by atoms with Crippen LogP contribution in [0, 0.1) is 0 Å². The van der Waals surface area contributed by atoms with Crippen molar-refractivity contribution >= 4 is 13.3 Å². The lowest BCUT2D eigenvalue weighted by Crippen LogP contribution is -2.45. The van der Waals surface area contributed by atoms with E-state index in [9.17, 15) is 13.2 Å². The number of rotatable bonds is 5. The minimum Gasteiger partial charge on any atom is -0.356 e. The molecule has 0 fully saturated rings. The van der Waals surface area contributed by atoms with Crippen molar-refractivity contribution < 1.29 is 13.2 Å². The fourth-order valence-corrected chi connectivity index (χ4v) is 7.14. The third kappa shape index (κ3) is 3.90. The minimum absolute atomic E-state index is 0.0792. The van der Waals surface area contributed by atoms with Crippen LogP contribution in [0.2, 0.25) is 18.1 Å². The van der Waals surface area contributed by atoms with E-state index in [0.29, 0.717) is 11.4 Å². The van der Waals surface area contributed by atoms with E-state index in [1.165, 1.54) is 11.3 Å². The molecule has 0 radical (unpaired) electrons. The molecule has 0 amide bonds. The molecule has 0 unspecified atom stereocenters. The molecule has 0 aliphatic heterocycles. The number of alkyl halides is 3. The molecule has 26 heavy (non-hydrogen) atoms. The van der Waals surface area contributed by atoms with Crippen LogP contribution in [-0.4, -0.2) is 18.0 Å². The lowest BCUT2D eigenvalue weighted by atomic mass is 9.92. The highest BCUT2D eigenvalue weighted by Gasteiger charge is 2.38. The summed E-state index contributed by atoms with van der Waals surface area (Å²) >= 11 is 0. The van der Waals surface area contributed by atoms with Gasteiger partial charge < -0.3 is 4.98 Å². The largest absolute Gasteiger partial charge is 0.418 e. The normalized spacial score (nSPS) is 13.3. The third-order valence-electron chi connectivity index (χ3n) is 5.59. The van der Waals surface area contributed by atoms with E-state index in [1.807, 2.05) is 32.9 Å². The minimum atomic E-state index is -4.41. The van der Waals surface area contributed by atoms with Crippen molar-refractivity contribution in [1.29, 1.82) is 0 Å². The van der Waals surface area contributed by atoms with E-state index in [4.69, 9.17) is 0 Å². The fraction of sp³-hybridized carbons (Fsp3) is 0.550. The number of halogens is 3. The molecule has 2 aromatic rings. The Kier molecular flexibility index (Phi) is 5.76. The number of H-pyrrole nitrogens is 1. The monoisotopic (exact) mass is 382 g/mol. The second-order valence-corrected chi connectivity index (χ2v) is 13.2. The summed E-state index contributed by atoms with van der Waals surface area (Å²) in [5, 5.41) is 1.19. The summed E-state index contributed by atoms with van der Waals surface area (Å²) in [6.07, 6.45) is -2.76. The molecule has 0 saturated carbocycles. The smallest absolute Gasteiger partial charge is 0.356 e. The van der Waals surface area contributed by atoms with Crippen molar-refractivity contribution in [2.45, 2.75) is 71.3 Å². The Balaban J connectivity index is 2.66. The van der Waals surface area contributed by atoms with Crippen LogP contribution in [0.3, 0.4) is 0 Å². The molecule has 2 aromatic heterocycles. The summed E-state index contributed by atoms with van der Waals surface area (Å²) in [6.45, 7) is 12.3. The molecule has 2 nitrogen and oxygen atoms in total. The number of aromatic nitrogens is 2. The molecule has 1 N–H and O–H groups in total. The van der Waals surface area contributed by atoms with Gasteiger partial charge in [0.2, 0.25) is 0 Å². The Morgan fingerprint density at radius 3 is 2.04 bits per heavy atom. The van der Waals surface area contributed by atoms with Gasteiger partial charge in [0.15, 0.2) is 0 Å². The number of pyridine rings is 1. The molecule has 0 bridgehead atoms. The van der Waals surface area contributed by atoms with Gasteiger partial charge in [0, 0.05) is 17.3 Å². The maximum Gasteiger partial charge on any atom is 0.418 e. The topological polar surface area (TPSA) is 28.7 Å². The van der Waals surface area contributed by atoms with Crippen LogP contribution in [-0.2, 0) is 11.6 Å². The number of hydrogen-bond donors (Lipinski definition) is 1. The highest BCUT2D eigenvalue weighted by Crippen LogP contribution is 2.39. The van der Waals surface area contributed by atoms with Gasteiger partial charge in [-0.25, -0.2) is 0 Å². The Labute approximate surface area is 155 Å². The summed E-state index contributed by atoms with van der Waals surface area (Å²) in [5.41, 5.74) is -0.00108. The first-order valence-electron chi connectivity index (χ1n) is 9.26. The summed E-state index contributed by atoms with van der Waals surface area (Å²) in [5.74, 6) is 0. The average Bonchev–Trinajstić information content (AvgIpc) is 3.03. The van der Waals surface area contributed by atoms with Crippen molar-refractivity contribution in [2.75, 3.05) is 0 Å². The highest BCUT2D eigenvalue weighted by molar-refractivity contribution is 6.91. The molecule has 0 aliphatic rings. The van der Waals surface area contributed by atoms with Crippen molar-refractivity contribution in [3.8, 4) is 11.4 Å². The van der Waals surface area contributed by atoms with E-state index < -0.39 is 25.2 Å². The molecular formula is C20H29F3N2Si. The molecule has 0 atom stereocenters. The maximum absolute atomic E-state index is 13.6. The molecule has 0 spiro atoms. The van der Waals surface area contributed by atoms with Crippen LogP contribution in [0.25, 0.3) is 11.4 Å². The van der Waals surface area contributed by atoms with Gasteiger partial charge in [-0.3, -0.25) is 4.98 Å². The molecule has 6 heteroatoms. The van der Waals surface area contributed by atoms with Crippen LogP contribution in [0.15, 0.2) is 24.4 Å². The SMILES string of the molecule is CC[Si](CC)(CC)c1ccnc(-c2[nH]c(C(C)(C)C)cc2C(F)(F)F)c1. The number of aromatic amines is 1. The van der Waals surface area contributed by atoms with E-state index in [1.54, 1.807) is 6.20 Å². The van der Waals surface area contributed by atoms with Crippen molar-refractivity contribution in [1.82, 2.24) is 9.97 Å². The lowest BCUT2D eigenvalue weighted by Gasteiger charge is -2.28. The first kappa shape index (κ1) is 20.7. The molecule has 2 heterocycles. The standard InChI is InChI=1S/C20H29F3N2Si/c1-7-26(8-2,9-3)14-10-11-24-16(12-14)18-15(20(21,22)23)13-17(25-18)19(4,5)6/h10-13,25H,7-9H2,1-6H3. The third-order valence-corrected chi connectivity index (χ3v) is 11.2. The fourth-order valence-electron chi connectivity index (χ4n) is 3.54. The van der Waals surface area contributed by atoms with E-state index in [2.05, 4.69) is 30.7 Å². The van der Waals surface area contributed by atoms with Gasteiger partial charge in [-0.15, -0.1) is 0 Å². The van der Waals surface area contributed by atoms with Gasteiger partial charge in [0.25, 0.3) is 0 Å². The summed E-state index contributed by atoms with van der Waals surface area (Å²) in [7, 11) is -1.69. The number of nitrogens with zero attached hydrogens (tertiary/aromatic N) is 1. The number of nitrogens with one attached hydrogen (secondary N) is 1. The van der Waals surface area contributed by atoms with Gasteiger partial charge in [-0.2, -0.15) is 13.2 Å². The molecule has 0 saturated heterocycles. The van der Waals surface area contributed by atoms with Crippen LogP contribution >= 0.6 is 0 Å².